The van der Waals surface area contributed by atoms with E-state index in [9.17, 15) is 14.9 Å². The molecule has 3 aromatic carbocycles. The Hall–Kier alpha value is -4.18. The van der Waals surface area contributed by atoms with Crippen LogP contribution in [0.25, 0.3) is 0 Å². The van der Waals surface area contributed by atoms with Crippen molar-refractivity contribution in [3.05, 3.63) is 99.1 Å². The molecule has 29 heavy (non-hydrogen) atoms. The normalized spacial score (nSPS) is 10.1. The third kappa shape index (κ3) is 4.76. The van der Waals surface area contributed by atoms with Crippen LogP contribution in [0.1, 0.15) is 27.0 Å². The van der Waals surface area contributed by atoms with E-state index in [0.717, 1.165) is 5.56 Å². The molecule has 0 radical (unpaired) electrons. The minimum Gasteiger partial charge on any atom is -0.489 e. The first-order valence-corrected chi connectivity index (χ1v) is 8.75. The third-order valence-electron chi connectivity index (χ3n) is 4.22. The number of nitrogens with one attached hydrogen (secondary N) is 1. The molecule has 7 heteroatoms. The highest BCUT2D eigenvalue weighted by Crippen LogP contribution is 2.25. The number of hydrogen-bond donors (Lipinski definition) is 1. The molecule has 0 aliphatic heterocycles. The highest BCUT2D eigenvalue weighted by Gasteiger charge is 2.22. The Labute approximate surface area is 167 Å². The van der Waals surface area contributed by atoms with E-state index < -0.39 is 10.8 Å². The van der Waals surface area contributed by atoms with Crippen LogP contribution in [-0.4, -0.2) is 10.8 Å². The van der Waals surface area contributed by atoms with Gasteiger partial charge in [-0.1, -0.05) is 30.3 Å². The number of amides is 1. The van der Waals surface area contributed by atoms with Gasteiger partial charge in [0.25, 0.3) is 11.6 Å². The van der Waals surface area contributed by atoms with Gasteiger partial charge in [0.15, 0.2) is 0 Å². The first-order valence-electron chi connectivity index (χ1n) is 8.75. The number of rotatable bonds is 6. The Kier molecular flexibility index (Phi) is 5.85. The molecular formula is C22H17N3O4. The Balaban J connectivity index is 1.73. The molecular weight excluding hydrogens is 370 g/mol. The van der Waals surface area contributed by atoms with Crippen LogP contribution in [0.2, 0.25) is 0 Å². The predicted molar refractivity (Wildman–Crippen MR) is 108 cm³/mol. The zero-order valence-corrected chi connectivity index (χ0v) is 15.6. The van der Waals surface area contributed by atoms with Gasteiger partial charge in [0.05, 0.1) is 16.6 Å². The largest absolute Gasteiger partial charge is 0.489 e. The maximum Gasteiger partial charge on any atom is 0.285 e. The maximum absolute atomic E-state index is 12.6. The van der Waals surface area contributed by atoms with Crippen LogP contribution in [-0.2, 0) is 6.61 Å². The van der Waals surface area contributed by atoms with Gasteiger partial charge in [-0.2, -0.15) is 5.26 Å². The number of benzene rings is 3. The molecule has 0 aromatic heterocycles. The summed E-state index contributed by atoms with van der Waals surface area (Å²) in [5, 5.41) is 22.9. The zero-order valence-electron chi connectivity index (χ0n) is 15.6. The summed E-state index contributed by atoms with van der Waals surface area (Å²) in [7, 11) is 0. The van der Waals surface area contributed by atoms with Crippen LogP contribution >= 0.6 is 0 Å². The summed E-state index contributed by atoms with van der Waals surface area (Å²) in [6.45, 7) is 1.85. The second kappa shape index (κ2) is 8.67. The molecule has 0 bridgehead atoms. The van der Waals surface area contributed by atoms with E-state index in [0.29, 0.717) is 22.6 Å². The zero-order chi connectivity index (χ0) is 20.8. The molecule has 1 amide bonds. The van der Waals surface area contributed by atoms with Crippen LogP contribution in [0.3, 0.4) is 0 Å². The number of ether oxygens (including phenoxy) is 1. The van der Waals surface area contributed by atoms with Crippen molar-refractivity contribution in [3.63, 3.8) is 0 Å². The average molecular weight is 387 g/mol. The number of nitrogens with zero attached hydrogens (tertiary/aromatic N) is 2. The lowest BCUT2D eigenvalue weighted by Crippen LogP contribution is -2.14. The fraction of sp³-hybridized carbons (Fsp3) is 0.0909. The topological polar surface area (TPSA) is 105 Å². The molecule has 0 saturated heterocycles. The number of nitriles is 1. The summed E-state index contributed by atoms with van der Waals surface area (Å²) in [4.78, 5) is 23.3. The molecule has 3 rings (SSSR count). The van der Waals surface area contributed by atoms with Gasteiger partial charge in [-0.05, 0) is 42.8 Å². The lowest BCUT2D eigenvalue weighted by Gasteiger charge is -2.10. The smallest absolute Gasteiger partial charge is 0.285 e. The number of carbonyl (C=O) groups is 1. The SMILES string of the molecule is Cc1cccc(C(=O)Nc2cccc(OCc3cccc(C#N)c3)c2)c1[N+](=O)[O-]. The van der Waals surface area contributed by atoms with E-state index in [2.05, 4.69) is 11.4 Å². The highest BCUT2D eigenvalue weighted by atomic mass is 16.6. The van der Waals surface area contributed by atoms with E-state index >= 15 is 0 Å². The molecule has 3 aromatic rings. The van der Waals surface area contributed by atoms with Crippen molar-refractivity contribution in [2.24, 2.45) is 0 Å². The number of para-hydroxylation sites is 1. The summed E-state index contributed by atoms with van der Waals surface area (Å²) < 4.78 is 5.73. The maximum atomic E-state index is 12.6. The van der Waals surface area contributed by atoms with Crippen molar-refractivity contribution in [2.45, 2.75) is 13.5 Å². The highest BCUT2D eigenvalue weighted by molar-refractivity contribution is 6.07. The predicted octanol–water partition coefficient (Wildman–Crippen LogP) is 4.61. The quantitative estimate of drug-likeness (QED) is 0.491. The first kappa shape index (κ1) is 19.6. The van der Waals surface area contributed by atoms with Crippen molar-refractivity contribution in [2.75, 3.05) is 5.32 Å². The summed E-state index contributed by atoms with van der Waals surface area (Å²) in [6, 6.07) is 20.5. The summed E-state index contributed by atoms with van der Waals surface area (Å²) >= 11 is 0. The third-order valence-corrected chi connectivity index (χ3v) is 4.22. The van der Waals surface area contributed by atoms with Crippen LogP contribution in [0.15, 0.2) is 66.7 Å². The average Bonchev–Trinajstić information content (AvgIpc) is 2.72. The molecule has 0 saturated carbocycles. The molecule has 0 unspecified atom stereocenters. The van der Waals surface area contributed by atoms with Crippen LogP contribution in [0.4, 0.5) is 11.4 Å². The second-order valence-corrected chi connectivity index (χ2v) is 6.31. The van der Waals surface area contributed by atoms with Gasteiger partial charge in [0.2, 0.25) is 0 Å². The number of nitro groups is 1. The van der Waals surface area contributed by atoms with Crippen molar-refractivity contribution >= 4 is 17.3 Å². The molecule has 7 nitrogen and oxygen atoms in total. The lowest BCUT2D eigenvalue weighted by atomic mass is 10.1. The standard InChI is InChI=1S/C22H17N3O4/c1-15-5-2-10-20(21(15)25(27)28)22(26)24-18-8-4-9-19(12-18)29-14-17-7-3-6-16(11-17)13-23/h2-12H,14H2,1H3,(H,24,26). The van der Waals surface area contributed by atoms with Gasteiger partial charge < -0.3 is 10.1 Å². The minimum atomic E-state index is -0.570. The van der Waals surface area contributed by atoms with Crippen molar-refractivity contribution < 1.29 is 14.5 Å². The van der Waals surface area contributed by atoms with E-state index in [1.54, 1.807) is 61.5 Å². The van der Waals surface area contributed by atoms with Crippen molar-refractivity contribution in [1.29, 1.82) is 5.26 Å². The van der Waals surface area contributed by atoms with Crippen molar-refractivity contribution in [1.82, 2.24) is 0 Å². The van der Waals surface area contributed by atoms with E-state index in [-0.39, 0.29) is 17.9 Å². The molecule has 0 heterocycles. The van der Waals surface area contributed by atoms with E-state index in [1.165, 1.54) is 6.07 Å². The van der Waals surface area contributed by atoms with E-state index in [1.807, 2.05) is 6.07 Å². The number of hydrogen-bond acceptors (Lipinski definition) is 5. The molecule has 144 valence electrons. The number of aryl methyl sites for hydroxylation is 1. The van der Waals surface area contributed by atoms with Gasteiger partial charge in [-0.15, -0.1) is 0 Å². The molecule has 1 N–H and O–H groups in total. The Bertz CT molecular complexity index is 1120. The van der Waals surface area contributed by atoms with Crippen molar-refractivity contribution in [3.8, 4) is 11.8 Å². The van der Waals surface area contributed by atoms with Crippen LogP contribution in [0, 0.1) is 28.4 Å². The monoisotopic (exact) mass is 387 g/mol. The molecule has 0 atom stereocenters. The minimum absolute atomic E-state index is 0.00496. The van der Waals surface area contributed by atoms with Gasteiger partial charge in [0.1, 0.15) is 17.9 Å². The lowest BCUT2D eigenvalue weighted by molar-refractivity contribution is -0.385. The fourth-order valence-electron chi connectivity index (χ4n) is 2.84. The Morgan fingerprint density at radius 3 is 2.66 bits per heavy atom. The number of carbonyl (C=O) groups excluding carboxylic acids is 1. The first-order chi connectivity index (χ1) is 14.0. The van der Waals surface area contributed by atoms with Gasteiger partial charge in [-0.25, -0.2) is 0 Å². The van der Waals surface area contributed by atoms with Crippen LogP contribution < -0.4 is 10.1 Å². The molecule has 0 aliphatic rings. The fourth-order valence-corrected chi connectivity index (χ4v) is 2.84. The Morgan fingerprint density at radius 1 is 1.14 bits per heavy atom. The summed E-state index contributed by atoms with van der Waals surface area (Å²) in [6.07, 6.45) is 0. The molecule has 0 spiro atoms. The number of nitro benzene ring substituents is 1. The summed E-state index contributed by atoms with van der Waals surface area (Å²) in [5.41, 5.74) is 2.04. The van der Waals surface area contributed by atoms with Gasteiger partial charge >= 0.3 is 0 Å². The van der Waals surface area contributed by atoms with Gasteiger partial charge in [0, 0.05) is 17.3 Å². The Morgan fingerprint density at radius 2 is 1.90 bits per heavy atom. The van der Waals surface area contributed by atoms with Gasteiger partial charge in [-0.3, -0.25) is 14.9 Å². The van der Waals surface area contributed by atoms with Crippen LogP contribution in [0.5, 0.6) is 5.75 Å². The van der Waals surface area contributed by atoms with E-state index in [4.69, 9.17) is 10.00 Å². The second-order valence-electron chi connectivity index (χ2n) is 6.31. The number of anilines is 1. The summed E-state index contributed by atoms with van der Waals surface area (Å²) in [5.74, 6) is -0.0526. The molecule has 0 fully saturated rings. The molecule has 0 aliphatic carbocycles.